The molecule has 0 unspecified atom stereocenters. The fraction of sp³-hybridized carbons (Fsp3) is 0.250. The van der Waals surface area contributed by atoms with Crippen LogP contribution in [-0.4, -0.2) is 6.71 Å². The third-order valence-corrected chi connectivity index (χ3v) is 11.9. The molecule has 6 fully saturated rings. The van der Waals surface area contributed by atoms with Gasteiger partial charge in [-0.05, 0) is 130 Å². The second kappa shape index (κ2) is 7.83. The largest absolute Gasteiger partial charge is 0.458 e. The van der Waals surface area contributed by atoms with E-state index in [-0.39, 0.29) is 24.8 Å². The molecule has 0 N–H and O–H groups in total. The minimum absolute atomic E-state index is 0.0600. The summed E-state index contributed by atoms with van der Waals surface area (Å²) in [4.78, 5) is 0. The molecule has 3 heteroatoms. The first-order valence-electron chi connectivity index (χ1n) is 17.4. The second-order valence-electron chi connectivity index (χ2n) is 14.2. The average molecular weight is 558 g/mol. The molecule has 5 aromatic rings. The lowest BCUT2D eigenvalue weighted by Gasteiger charge is -2.62. The number of rotatable bonds is 4. The Morgan fingerprint density at radius 3 is 1.49 bits per heavy atom. The van der Waals surface area contributed by atoms with Crippen molar-refractivity contribution in [3.05, 3.63) is 114 Å². The van der Waals surface area contributed by atoms with Crippen LogP contribution in [0.2, 0.25) is 0 Å². The lowest BCUT2D eigenvalue weighted by Crippen LogP contribution is -2.57. The zero-order valence-corrected chi connectivity index (χ0v) is 23.9. The van der Waals surface area contributed by atoms with Crippen molar-refractivity contribution in [2.45, 2.75) is 49.4 Å². The van der Waals surface area contributed by atoms with Crippen molar-refractivity contribution >= 4 is 23.1 Å². The number of benzene rings is 5. The molecule has 2 heterocycles. The Labute approximate surface area is 257 Å². The van der Waals surface area contributed by atoms with E-state index in [0.717, 1.165) is 33.9 Å². The van der Waals surface area contributed by atoms with Gasteiger partial charge in [0, 0.05) is 5.46 Å². The molecule has 2 aliphatic heterocycles. The highest BCUT2D eigenvalue weighted by Gasteiger charge is 2.58. The highest BCUT2D eigenvalue weighted by Crippen LogP contribution is 2.67. The normalized spacial score (nSPS) is 28.5. The molecule has 0 aromatic heterocycles. The van der Waals surface area contributed by atoms with E-state index in [9.17, 15) is 0 Å². The Bertz CT molecular complexity index is 2020. The van der Waals surface area contributed by atoms with Gasteiger partial charge in [-0.3, -0.25) is 0 Å². The minimum Gasteiger partial charge on any atom is -0.458 e. The molecule has 5 aromatic carbocycles. The molecule has 4 bridgehead atoms. The molecule has 43 heavy (non-hydrogen) atoms. The van der Waals surface area contributed by atoms with Crippen LogP contribution in [0.15, 0.2) is 103 Å². The zero-order valence-electron chi connectivity index (χ0n) is 26.9. The van der Waals surface area contributed by atoms with Crippen molar-refractivity contribution < 1.29 is 13.6 Å². The van der Waals surface area contributed by atoms with E-state index < -0.39 is 0 Å². The lowest BCUT2D eigenvalue weighted by atomic mass is 9.34. The van der Waals surface area contributed by atoms with Gasteiger partial charge in [0.2, 0.25) is 0 Å². The predicted molar refractivity (Wildman–Crippen MR) is 173 cm³/mol. The molecule has 6 aliphatic carbocycles. The quantitative estimate of drug-likeness (QED) is 0.205. The van der Waals surface area contributed by atoms with E-state index >= 15 is 0 Å². The van der Waals surface area contributed by atoms with Crippen LogP contribution in [0, 0.1) is 11.8 Å². The van der Waals surface area contributed by atoms with E-state index in [2.05, 4.69) is 84.9 Å². The number of fused-ring (bicyclic) bond motifs is 4. The molecule has 0 saturated heterocycles. The molecular weight excluding hydrogens is 523 g/mol. The van der Waals surface area contributed by atoms with Gasteiger partial charge in [0.05, 0.1) is 4.11 Å². The van der Waals surface area contributed by atoms with Crippen LogP contribution in [0.4, 0.5) is 0 Å². The summed E-state index contributed by atoms with van der Waals surface area (Å²) in [6.07, 6.45) is 7.74. The van der Waals surface area contributed by atoms with Gasteiger partial charge in [0.25, 0.3) is 6.71 Å². The highest BCUT2D eigenvalue weighted by molar-refractivity contribution is 6.98. The average Bonchev–Trinajstić information content (AvgIpc) is 2.99. The van der Waals surface area contributed by atoms with Crippen LogP contribution in [0.1, 0.15) is 53.8 Å². The second-order valence-corrected chi connectivity index (χ2v) is 14.2. The maximum Gasteiger partial charge on any atom is 0.260 e. The van der Waals surface area contributed by atoms with Gasteiger partial charge in [0.15, 0.2) is 0 Å². The molecule has 2 nitrogen and oxygen atoms in total. The summed E-state index contributed by atoms with van der Waals surface area (Å²) in [6.45, 7) is -0.255. The maximum atomic E-state index is 8.87. The smallest absolute Gasteiger partial charge is 0.260 e. The Kier molecular flexibility index (Phi) is 3.75. The van der Waals surface area contributed by atoms with Gasteiger partial charge in [0.1, 0.15) is 23.0 Å². The first-order valence-corrected chi connectivity index (χ1v) is 15.9. The summed E-state index contributed by atoms with van der Waals surface area (Å²) >= 11 is 0. The third-order valence-electron chi connectivity index (χ3n) is 11.9. The molecular formula is C40H31BO2. The van der Waals surface area contributed by atoms with E-state index in [1.165, 1.54) is 60.8 Å². The van der Waals surface area contributed by atoms with Crippen LogP contribution in [0.5, 0.6) is 23.0 Å². The molecule has 8 aliphatic rings. The van der Waals surface area contributed by atoms with Crippen molar-refractivity contribution in [1.29, 1.82) is 0 Å². The van der Waals surface area contributed by atoms with Crippen molar-refractivity contribution in [3.8, 4) is 45.3 Å². The van der Waals surface area contributed by atoms with Crippen molar-refractivity contribution in [1.82, 2.24) is 0 Å². The fourth-order valence-electron chi connectivity index (χ4n) is 9.57. The summed E-state index contributed by atoms with van der Waals surface area (Å²) in [5, 5.41) is 0. The monoisotopic (exact) mass is 557 g/mol. The van der Waals surface area contributed by atoms with Crippen molar-refractivity contribution in [2.75, 3.05) is 0 Å². The molecule has 0 amide bonds. The van der Waals surface area contributed by atoms with Gasteiger partial charge in [-0.15, -0.1) is 0 Å². The lowest BCUT2D eigenvalue weighted by molar-refractivity contribution is -0.0270. The number of hydrogen-bond donors (Lipinski definition) is 0. The standard InChI is InChI=1S/C40H31BO2/c1-3-8-30(39-18-24(19-39)20-39)28(6-1)26-12-14-32-36(16-26)42-34-10-5-11-35-38(34)41(32)33-15-13-27(17-37(33)43-35)29-7-2-4-9-31(29)40-21-25(22-40)23-40/h1-17,24-25H,18-23H2/i5D,10D,11D. The zero-order chi connectivity index (χ0) is 30.5. The van der Waals surface area contributed by atoms with Crippen LogP contribution < -0.4 is 25.9 Å². The molecule has 0 atom stereocenters. The van der Waals surface area contributed by atoms with Crippen molar-refractivity contribution in [2.24, 2.45) is 11.8 Å². The Balaban J connectivity index is 1.07. The number of ether oxygens (including phenoxy) is 2. The molecule has 206 valence electrons. The van der Waals surface area contributed by atoms with E-state index in [1.807, 2.05) is 0 Å². The molecule has 0 spiro atoms. The summed E-state index contributed by atoms with van der Waals surface area (Å²) in [5.41, 5.74) is 11.0. The minimum atomic E-state index is -0.255. The SMILES string of the molecule is [2H]c1c([2H])c2c3c(c1[2H])Oc1cc(-c4ccccc4C45CC(C4)C5)ccc1B3c1ccc(-c3ccccc3C34CC(C3)C4)cc1O2. The number of hydrogen-bond acceptors (Lipinski definition) is 2. The molecule has 0 radical (unpaired) electrons. The maximum absolute atomic E-state index is 8.87. The summed E-state index contributed by atoms with van der Waals surface area (Å²) in [7, 11) is 0. The summed E-state index contributed by atoms with van der Waals surface area (Å²) in [6, 6.07) is 30.3. The van der Waals surface area contributed by atoms with Gasteiger partial charge in [-0.2, -0.15) is 0 Å². The van der Waals surface area contributed by atoms with Crippen LogP contribution >= 0.6 is 0 Å². The first-order chi connectivity index (χ1) is 22.4. The van der Waals surface area contributed by atoms with E-state index in [4.69, 9.17) is 13.6 Å². The van der Waals surface area contributed by atoms with Crippen LogP contribution in [0.3, 0.4) is 0 Å². The Hall–Kier alpha value is -4.24. The van der Waals surface area contributed by atoms with Crippen LogP contribution in [0.25, 0.3) is 22.3 Å². The topological polar surface area (TPSA) is 18.5 Å². The summed E-state index contributed by atoms with van der Waals surface area (Å²) in [5.74, 6) is 3.89. The third kappa shape index (κ3) is 2.96. The highest BCUT2D eigenvalue weighted by atomic mass is 16.5. The molecule has 6 saturated carbocycles. The van der Waals surface area contributed by atoms with E-state index in [0.29, 0.717) is 39.3 Å². The van der Waals surface area contributed by atoms with Gasteiger partial charge in [-0.1, -0.05) is 78.8 Å². The van der Waals surface area contributed by atoms with Gasteiger partial charge in [-0.25, -0.2) is 0 Å². The predicted octanol–water partition coefficient (Wildman–Crippen LogP) is 7.85. The summed E-state index contributed by atoms with van der Waals surface area (Å²) < 4.78 is 39.5. The fourth-order valence-corrected chi connectivity index (χ4v) is 9.57. The van der Waals surface area contributed by atoms with Crippen LogP contribution in [-0.2, 0) is 10.8 Å². The Morgan fingerprint density at radius 1 is 0.581 bits per heavy atom. The van der Waals surface area contributed by atoms with E-state index in [1.54, 1.807) is 0 Å². The van der Waals surface area contributed by atoms with Gasteiger partial charge >= 0.3 is 0 Å². The molecule has 13 rings (SSSR count). The van der Waals surface area contributed by atoms with Crippen molar-refractivity contribution in [3.63, 3.8) is 0 Å². The van der Waals surface area contributed by atoms with Gasteiger partial charge < -0.3 is 9.47 Å². The Morgan fingerprint density at radius 2 is 1.05 bits per heavy atom. The first kappa shape index (κ1) is 20.6.